The fourth-order valence-electron chi connectivity index (χ4n) is 1.97. The van der Waals surface area contributed by atoms with E-state index in [0.717, 1.165) is 11.1 Å². The van der Waals surface area contributed by atoms with Gasteiger partial charge in [-0.25, -0.2) is 4.79 Å². The van der Waals surface area contributed by atoms with Gasteiger partial charge in [-0.15, -0.1) is 0 Å². The maximum absolute atomic E-state index is 10.9. The lowest BCUT2D eigenvalue weighted by Crippen LogP contribution is -1.95. The molecule has 5 nitrogen and oxygen atoms in total. The normalized spacial score (nSPS) is 10.5. The number of aromatic carboxylic acids is 1. The average molecular weight is 281 g/mol. The number of rotatable bonds is 3. The number of carboxylic acid groups (broad SMARTS) is 1. The first kappa shape index (κ1) is 13.4. The Bertz CT molecular complexity index is 650. The Morgan fingerprint density at radius 1 is 1.42 bits per heavy atom. The molecular weight excluding hydrogens is 268 g/mol. The summed E-state index contributed by atoms with van der Waals surface area (Å²) in [4.78, 5) is 10.9. The highest BCUT2D eigenvalue weighted by Gasteiger charge is 2.17. The molecule has 1 aromatic carbocycles. The molecule has 100 valence electrons. The summed E-state index contributed by atoms with van der Waals surface area (Å²) in [6, 6.07) is 3.29. The Labute approximate surface area is 115 Å². The first-order chi connectivity index (χ1) is 8.95. The minimum Gasteiger partial charge on any atom is -0.496 e. The molecule has 1 aromatic heterocycles. The molecule has 0 aliphatic heterocycles. The van der Waals surface area contributed by atoms with Crippen LogP contribution in [0.25, 0.3) is 11.3 Å². The molecule has 0 amide bonds. The molecule has 0 saturated carbocycles. The second-order valence-electron chi connectivity index (χ2n) is 4.19. The van der Waals surface area contributed by atoms with Gasteiger partial charge in [-0.3, -0.25) is 5.10 Å². The number of hydrogen-bond acceptors (Lipinski definition) is 3. The monoisotopic (exact) mass is 280 g/mol. The van der Waals surface area contributed by atoms with E-state index in [1.54, 1.807) is 7.11 Å². The molecule has 2 aromatic rings. The molecule has 0 aliphatic rings. The van der Waals surface area contributed by atoms with E-state index in [1.165, 1.54) is 6.07 Å². The fraction of sp³-hybridized carbons (Fsp3) is 0.231. The van der Waals surface area contributed by atoms with Gasteiger partial charge in [-0.1, -0.05) is 11.6 Å². The predicted molar refractivity (Wildman–Crippen MR) is 72.0 cm³/mol. The van der Waals surface area contributed by atoms with Crippen LogP contribution in [0, 0.1) is 13.8 Å². The highest BCUT2D eigenvalue weighted by Crippen LogP contribution is 2.38. The number of nitrogens with zero attached hydrogens (tertiary/aromatic N) is 1. The molecule has 0 radical (unpaired) electrons. The summed E-state index contributed by atoms with van der Waals surface area (Å²) in [5.74, 6) is -0.459. The number of aromatic amines is 1. The number of nitrogens with one attached hydrogen (secondary N) is 1. The van der Waals surface area contributed by atoms with Gasteiger partial charge in [0.2, 0.25) is 0 Å². The zero-order chi connectivity index (χ0) is 14.2. The van der Waals surface area contributed by atoms with E-state index in [2.05, 4.69) is 10.2 Å². The molecule has 0 bridgehead atoms. The number of methoxy groups -OCH3 is 1. The van der Waals surface area contributed by atoms with Crippen molar-refractivity contribution in [2.24, 2.45) is 0 Å². The number of aromatic nitrogens is 2. The lowest BCUT2D eigenvalue weighted by molar-refractivity contribution is 0.0690. The SMILES string of the molecule is COc1c(-c2cc(C(=O)O)[nH]n2)cc(C)c(Cl)c1C. The van der Waals surface area contributed by atoms with E-state index in [4.69, 9.17) is 21.4 Å². The molecular formula is C13H13ClN2O3. The van der Waals surface area contributed by atoms with E-state index in [0.29, 0.717) is 22.0 Å². The first-order valence-corrected chi connectivity index (χ1v) is 5.96. The highest BCUT2D eigenvalue weighted by molar-refractivity contribution is 6.32. The number of hydrogen-bond donors (Lipinski definition) is 2. The van der Waals surface area contributed by atoms with E-state index >= 15 is 0 Å². The number of carbonyl (C=O) groups is 1. The van der Waals surface area contributed by atoms with Crippen LogP contribution in [0.15, 0.2) is 12.1 Å². The number of ether oxygens (including phenoxy) is 1. The van der Waals surface area contributed by atoms with Gasteiger partial charge in [0, 0.05) is 11.1 Å². The molecule has 0 fully saturated rings. The van der Waals surface area contributed by atoms with Crippen LogP contribution in [-0.4, -0.2) is 28.4 Å². The summed E-state index contributed by atoms with van der Waals surface area (Å²) in [7, 11) is 1.54. The number of carboxylic acids is 1. The number of aryl methyl sites for hydroxylation is 1. The van der Waals surface area contributed by atoms with Crippen LogP contribution in [0.3, 0.4) is 0 Å². The number of halogens is 1. The summed E-state index contributed by atoms with van der Waals surface area (Å²) < 4.78 is 5.35. The summed E-state index contributed by atoms with van der Waals surface area (Å²) in [6.07, 6.45) is 0. The van der Waals surface area contributed by atoms with Gasteiger partial charge < -0.3 is 9.84 Å². The summed E-state index contributed by atoms with van der Waals surface area (Å²) in [5.41, 5.74) is 2.94. The Morgan fingerprint density at radius 2 is 2.11 bits per heavy atom. The second kappa shape index (κ2) is 4.93. The predicted octanol–water partition coefficient (Wildman–Crippen LogP) is 3.05. The molecule has 0 atom stereocenters. The average Bonchev–Trinajstić information content (AvgIpc) is 2.85. The van der Waals surface area contributed by atoms with Crippen molar-refractivity contribution in [3.05, 3.63) is 34.0 Å². The van der Waals surface area contributed by atoms with Crippen molar-refractivity contribution in [3.63, 3.8) is 0 Å². The van der Waals surface area contributed by atoms with E-state index in [-0.39, 0.29) is 5.69 Å². The molecule has 0 spiro atoms. The molecule has 6 heteroatoms. The van der Waals surface area contributed by atoms with E-state index in [9.17, 15) is 4.79 Å². The van der Waals surface area contributed by atoms with Gasteiger partial charge >= 0.3 is 5.97 Å². The molecule has 0 unspecified atom stereocenters. The maximum atomic E-state index is 10.9. The van der Waals surface area contributed by atoms with Crippen molar-refractivity contribution in [2.75, 3.05) is 7.11 Å². The van der Waals surface area contributed by atoms with Gasteiger partial charge in [0.05, 0.1) is 17.8 Å². The van der Waals surface area contributed by atoms with Crippen molar-refractivity contribution in [1.29, 1.82) is 0 Å². The van der Waals surface area contributed by atoms with Crippen molar-refractivity contribution in [2.45, 2.75) is 13.8 Å². The zero-order valence-electron chi connectivity index (χ0n) is 10.7. The Kier molecular flexibility index (Phi) is 3.48. The largest absolute Gasteiger partial charge is 0.496 e. The van der Waals surface area contributed by atoms with E-state index < -0.39 is 5.97 Å². The van der Waals surface area contributed by atoms with Crippen LogP contribution in [-0.2, 0) is 0 Å². The molecule has 0 saturated heterocycles. The topological polar surface area (TPSA) is 75.2 Å². The molecule has 19 heavy (non-hydrogen) atoms. The number of H-pyrrole nitrogens is 1. The van der Waals surface area contributed by atoms with Gasteiger partial charge in [-0.2, -0.15) is 5.10 Å². The van der Waals surface area contributed by atoms with Crippen LogP contribution in [0.2, 0.25) is 5.02 Å². The smallest absolute Gasteiger partial charge is 0.353 e. The summed E-state index contributed by atoms with van der Waals surface area (Å²) in [5, 5.41) is 16.0. The first-order valence-electron chi connectivity index (χ1n) is 5.58. The maximum Gasteiger partial charge on any atom is 0.353 e. The lowest BCUT2D eigenvalue weighted by Gasteiger charge is -2.13. The Hall–Kier alpha value is -2.01. The van der Waals surface area contributed by atoms with Crippen LogP contribution in [0.4, 0.5) is 0 Å². The van der Waals surface area contributed by atoms with Gasteiger partial charge in [0.25, 0.3) is 0 Å². The quantitative estimate of drug-likeness (QED) is 0.906. The van der Waals surface area contributed by atoms with Crippen molar-refractivity contribution in [1.82, 2.24) is 10.2 Å². The third kappa shape index (κ3) is 2.29. The standard InChI is InChI=1S/C13H13ClN2O3/c1-6-4-8(12(19-3)7(2)11(6)14)9-5-10(13(17)18)16-15-9/h4-5H,1-3H3,(H,15,16)(H,17,18). The Balaban J connectivity index is 2.63. The van der Waals surface area contributed by atoms with Gasteiger partial charge in [-0.05, 0) is 31.5 Å². The van der Waals surface area contributed by atoms with Crippen LogP contribution >= 0.6 is 11.6 Å². The second-order valence-corrected chi connectivity index (χ2v) is 4.56. The molecule has 2 rings (SSSR count). The van der Waals surface area contributed by atoms with Gasteiger partial charge in [0.1, 0.15) is 11.4 Å². The molecule has 0 aliphatic carbocycles. The Morgan fingerprint density at radius 3 is 2.63 bits per heavy atom. The van der Waals surface area contributed by atoms with Crippen molar-refractivity contribution in [3.8, 4) is 17.0 Å². The lowest BCUT2D eigenvalue weighted by atomic mass is 10.0. The number of benzene rings is 1. The van der Waals surface area contributed by atoms with Crippen LogP contribution in [0.5, 0.6) is 5.75 Å². The minimum absolute atomic E-state index is 0.0299. The highest BCUT2D eigenvalue weighted by atomic mass is 35.5. The van der Waals surface area contributed by atoms with Crippen LogP contribution in [0.1, 0.15) is 21.6 Å². The van der Waals surface area contributed by atoms with E-state index in [1.807, 2.05) is 19.9 Å². The van der Waals surface area contributed by atoms with Crippen LogP contribution < -0.4 is 4.74 Å². The third-order valence-electron chi connectivity index (χ3n) is 2.91. The minimum atomic E-state index is -1.06. The fourth-order valence-corrected chi connectivity index (χ4v) is 2.11. The molecule has 2 N–H and O–H groups in total. The summed E-state index contributed by atoms with van der Waals surface area (Å²) in [6.45, 7) is 3.73. The summed E-state index contributed by atoms with van der Waals surface area (Å²) >= 11 is 6.17. The van der Waals surface area contributed by atoms with Gasteiger partial charge in [0.15, 0.2) is 0 Å². The zero-order valence-corrected chi connectivity index (χ0v) is 11.5. The van der Waals surface area contributed by atoms with Crippen molar-refractivity contribution >= 4 is 17.6 Å². The van der Waals surface area contributed by atoms with Crippen molar-refractivity contribution < 1.29 is 14.6 Å². The molecule has 1 heterocycles. The third-order valence-corrected chi connectivity index (χ3v) is 3.49.